The third kappa shape index (κ3) is 8.00. The summed E-state index contributed by atoms with van der Waals surface area (Å²) in [5.74, 6) is 2.34. The maximum Gasteiger partial charge on any atom is 0.166 e. The number of carbonyl (C=O) groups is 4. The second-order valence-electron chi connectivity index (χ2n) is 16.0. The van der Waals surface area contributed by atoms with E-state index in [0.29, 0.717) is 59.4 Å². The summed E-state index contributed by atoms with van der Waals surface area (Å²) >= 11 is 0. The second kappa shape index (κ2) is 16.7. The van der Waals surface area contributed by atoms with Crippen molar-refractivity contribution in [3.8, 4) is 11.5 Å². The zero-order valence-electron chi connectivity index (χ0n) is 32.7. The maximum absolute atomic E-state index is 12.9. The number of aliphatic hydroxyl groups excluding tert-OH is 2. The van der Waals surface area contributed by atoms with Crippen LogP contribution < -0.4 is 9.47 Å². The minimum absolute atomic E-state index is 0.00142. The summed E-state index contributed by atoms with van der Waals surface area (Å²) in [7, 11) is 0. The average Bonchev–Trinajstić information content (AvgIpc) is 4.10. The number of aliphatic hydroxyl groups is 2. The van der Waals surface area contributed by atoms with E-state index in [9.17, 15) is 29.4 Å². The molecule has 0 unspecified atom stereocenters. The molecule has 0 bridgehead atoms. The molecule has 4 aromatic rings. The lowest BCUT2D eigenvalue weighted by Crippen LogP contribution is -2.15. The number of hydrogen-bond acceptors (Lipinski definition) is 8. The Balaban J connectivity index is 0.000000172. The van der Waals surface area contributed by atoms with Gasteiger partial charge in [0.05, 0.1) is 11.1 Å². The lowest BCUT2D eigenvalue weighted by atomic mass is 9.85. The smallest absolute Gasteiger partial charge is 0.166 e. The highest BCUT2D eigenvalue weighted by atomic mass is 16.5. The van der Waals surface area contributed by atoms with Crippen LogP contribution in [0.25, 0.3) is 0 Å². The topological polar surface area (TPSA) is 127 Å². The number of Topliss-reactive ketones (excluding diaryl/α,β-unsaturated/α-hetero) is 4. The highest BCUT2D eigenvalue weighted by Crippen LogP contribution is 2.48. The third-order valence-corrected chi connectivity index (χ3v) is 12.2. The molecule has 4 aliphatic rings. The van der Waals surface area contributed by atoms with Gasteiger partial charge in [-0.25, -0.2) is 0 Å². The predicted molar refractivity (Wildman–Crippen MR) is 214 cm³/mol. The number of ketones is 4. The molecule has 0 amide bonds. The van der Waals surface area contributed by atoms with Crippen LogP contribution in [0.1, 0.15) is 142 Å². The first-order chi connectivity index (χ1) is 27.1. The molecule has 4 aromatic carbocycles. The Morgan fingerprint density at radius 2 is 0.929 bits per heavy atom. The number of fused-ring (bicyclic) bond motifs is 2. The van der Waals surface area contributed by atoms with Gasteiger partial charge < -0.3 is 19.7 Å². The van der Waals surface area contributed by atoms with Crippen LogP contribution in [0.5, 0.6) is 11.5 Å². The van der Waals surface area contributed by atoms with Crippen LogP contribution in [0.2, 0.25) is 0 Å². The van der Waals surface area contributed by atoms with Crippen molar-refractivity contribution < 1.29 is 38.9 Å². The van der Waals surface area contributed by atoms with E-state index in [1.807, 2.05) is 76.2 Å². The molecule has 56 heavy (non-hydrogen) atoms. The van der Waals surface area contributed by atoms with Gasteiger partial charge in [0, 0.05) is 73.0 Å². The van der Waals surface area contributed by atoms with Gasteiger partial charge in [0.2, 0.25) is 0 Å². The number of rotatable bonds is 14. The molecule has 8 heteroatoms. The van der Waals surface area contributed by atoms with Gasteiger partial charge in [0.25, 0.3) is 0 Å². The van der Waals surface area contributed by atoms with Crippen molar-refractivity contribution in [1.29, 1.82) is 0 Å². The standard InChI is InChI=1S/2C24H26O4/c2*1-3-21(26)19-10-17(22(27)12-16-9-18(16)13-25)11-20-23(14(2)28-24(19)20)15-7-5-4-6-8-15/h2*4-8,10-11,14,16,18,23,25H,3,9,12-13H2,1-2H3/t14-,16+,18+,23+;14-,16-,18-,23+/m11/s1. The van der Waals surface area contributed by atoms with Gasteiger partial charge in [0.15, 0.2) is 23.1 Å². The van der Waals surface area contributed by atoms with E-state index in [0.717, 1.165) is 35.1 Å². The quantitative estimate of drug-likeness (QED) is 0.122. The summed E-state index contributed by atoms with van der Waals surface area (Å²) < 4.78 is 12.3. The Bertz CT molecular complexity index is 1960. The van der Waals surface area contributed by atoms with Crippen molar-refractivity contribution in [3.05, 3.63) is 129 Å². The molecular weight excluding hydrogens is 705 g/mol. The van der Waals surface area contributed by atoms with E-state index in [4.69, 9.17) is 9.47 Å². The van der Waals surface area contributed by atoms with Crippen LogP contribution in [-0.2, 0) is 0 Å². The van der Waals surface area contributed by atoms with E-state index >= 15 is 0 Å². The van der Waals surface area contributed by atoms with Crippen LogP contribution in [-0.4, -0.2) is 58.8 Å². The first kappa shape index (κ1) is 39.3. The number of ether oxygens (including phenoxy) is 2. The fraction of sp³-hybridized carbons (Fsp3) is 0.417. The number of carbonyl (C=O) groups excluding carboxylic acids is 4. The monoisotopic (exact) mass is 756 g/mol. The molecule has 292 valence electrons. The van der Waals surface area contributed by atoms with Crippen molar-refractivity contribution in [2.75, 3.05) is 13.2 Å². The zero-order valence-corrected chi connectivity index (χ0v) is 32.7. The molecule has 2 saturated carbocycles. The molecule has 8 rings (SSSR count). The van der Waals surface area contributed by atoms with Gasteiger partial charge in [-0.05, 0) is 85.8 Å². The molecular formula is C48H52O8. The Morgan fingerprint density at radius 3 is 1.25 bits per heavy atom. The molecule has 2 N–H and O–H groups in total. The van der Waals surface area contributed by atoms with Crippen molar-refractivity contribution in [3.63, 3.8) is 0 Å². The summed E-state index contributed by atoms with van der Waals surface area (Å²) in [6, 6.07) is 27.4. The molecule has 2 aliphatic heterocycles. The van der Waals surface area contributed by atoms with E-state index in [2.05, 4.69) is 24.3 Å². The van der Waals surface area contributed by atoms with Crippen LogP contribution in [0, 0.1) is 23.7 Å². The fourth-order valence-electron chi connectivity index (χ4n) is 8.66. The lowest BCUT2D eigenvalue weighted by molar-refractivity contribution is 0.0960. The van der Waals surface area contributed by atoms with Crippen molar-refractivity contribution in [2.24, 2.45) is 23.7 Å². The first-order valence-corrected chi connectivity index (χ1v) is 20.2. The van der Waals surface area contributed by atoms with Gasteiger partial charge in [-0.2, -0.15) is 0 Å². The summed E-state index contributed by atoms with van der Waals surface area (Å²) in [5.41, 5.74) is 6.29. The molecule has 0 spiro atoms. The maximum atomic E-state index is 12.9. The molecule has 2 heterocycles. The first-order valence-electron chi connectivity index (χ1n) is 20.2. The molecule has 2 fully saturated rings. The molecule has 8 nitrogen and oxygen atoms in total. The van der Waals surface area contributed by atoms with Crippen LogP contribution in [0.4, 0.5) is 0 Å². The summed E-state index contributed by atoms with van der Waals surface area (Å²) in [5, 5.41) is 18.5. The van der Waals surface area contributed by atoms with Crippen LogP contribution >= 0.6 is 0 Å². The van der Waals surface area contributed by atoms with E-state index < -0.39 is 0 Å². The Labute approximate surface area is 329 Å². The summed E-state index contributed by atoms with van der Waals surface area (Å²) in [4.78, 5) is 51.0. The SMILES string of the molecule is CCC(=O)c1cc(C(=O)C[C@@H]2C[C@H]2CO)cc2c1O[C@H](C)[C@H]2c1ccccc1.CCC(=O)c1cc(C(=O)C[C@H]2C[C@@H]2CO)cc2c1O[C@H](C)[C@H]2c1ccccc1. The fourth-order valence-corrected chi connectivity index (χ4v) is 8.66. The Morgan fingerprint density at radius 1 is 0.554 bits per heavy atom. The lowest BCUT2D eigenvalue weighted by Gasteiger charge is -2.15. The van der Waals surface area contributed by atoms with Gasteiger partial charge in [-0.3, -0.25) is 19.2 Å². The largest absolute Gasteiger partial charge is 0.489 e. The second-order valence-corrected chi connectivity index (χ2v) is 16.0. The van der Waals surface area contributed by atoms with E-state index in [1.54, 1.807) is 12.1 Å². The summed E-state index contributed by atoms with van der Waals surface area (Å²) in [6.45, 7) is 7.95. The van der Waals surface area contributed by atoms with Gasteiger partial charge in [-0.15, -0.1) is 0 Å². The number of hydrogen-bond donors (Lipinski definition) is 2. The Kier molecular flexibility index (Phi) is 11.7. The van der Waals surface area contributed by atoms with Gasteiger partial charge >= 0.3 is 0 Å². The molecule has 0 saturated heterocycles. The normalized spacial score (nSPS) is 25.1. The van der Waals surface area contributed by atoms with Crippen molar-refractivity contribution >= 4 is 23.1 Å². The van der Waals surface area contributed by atoms with E-state index in [-0.39, 0.29) is 84.1 Å². The number of benzene rings is 4. The molecule has 0 aromatic heterocycles. The van der Waals surface area contributed by atoms with Crippen LogP contribution in [0.15, 0.2) is 84.9 Å². The van der Waals surface area contributed by atoms with Gasteiger partial charge in [-0.1, -0.05) is 74.5 Å². The molecule has 2 aliphatic carbocycles. The average molecular weight is 757 g/mol. The minimum Gasteiger partial charge on any atom is -0.489 e. The molecule has 0 radical (unpaired) electrons. The van der Waals surface area contributed by atoms with Crippen molar-refractivity contribution in [1.82, 2.24) is 0 Å². The predicted octanol–water partition coefficient (Wildman–Crippen LogP) is 8.79. The van der Waals surface area contributed by atoms with Crippen molar-refractivity contribution in [2.45, 2.75) is 90.3 Å². The van der Waals surface area contributed by atoms with Crippen LogP contribution in [0.3, 0.4) is 0 Å². The van der Waals surface area contributed by atoms with Gasteiger partial charge in [0.1, 0.15) is 23.7 Å². The minimum atomic E-state index is -0.103. The Hall–Kier alpha value is -4.92. The highest BCUT2D eigenvalue weighted by molar-refractivity contribution is 6.05. The third-order valence-electron chi connectivity index (χ3n) is 12.2. The zero-order chi connectivity index (χ0) is 39.7. The summed E-state index contributed by atoms with van der Waals surface area (Å²) in [6.07, 6.45) is 3.19. The highest BCUT2D eigenvalue weighted by Gasteiger charge is 2.41. The van der Waals surface area contributed by atoms with E-state index in [1.165, 1.54) is 0 Å². The molecule has 8 atom stereocenters.